The molecule has 0 bridgehead atoms. The van der Waals surface area contributed by atoms with Gasteiger partial charge in [0, 0.05) is 36.7 Å². The summed E-state index contributed by atoms with van der Waals surface area (Å²) < 4.78 is 17.5. The van der Waals surface area contributed by atoms with Crippen molar-refractivity contribution in [1.29, 1.82) is 0 Å². The molecule has 0 spiro atoms. The highest BCUT2D eigenvalue weighted by molar-refractivity contribution is 7.99. The van der Waals surface area contributed by atoms with Crippen LogP contribution in [0.1, 0.15) is 81.6 Å². The van der Waals surface area contributed by atoms with Crippen molar-refractivity contribution in [2.45, 2.75) is 110 Å². The first-order valence-electron chi connectivity index (χ1n) is 13.7. The fraction of sp³-hybridized carbons (Fsp3) is 0.778. The summed E-state index contributed by atoms with van der Waals surface area (Å²) in [6.45, 7) is 18.8. The summed E-state index contributed by atoms with van der Waals surface area (Å²) in [7, 11) is -0.468. The van der Waals surface area contributed by atoms with Gasteiger partial charge in [-0.15, -0.1) is 0 Å². The zero-order chi connectivity index (χ0) is 28.3. The fourth-order valence-electron chi connectivity index (χ4n) is 4.46. The number of thioether (sulfide) groups is 1. The Morgan fingerprint density at radius 3 is 2.34 bits per heavy atom. The number of carbonyl (C=O) groups is 2. The van der Waals surface area contributed by atoms with Crippen LogP contribution in [0, 0.1) is 11.8 Å². The lowest BCUT2D eigenvalue weighted by atomic mass is 9.81. The molecule has 3 rings (SSSR count). The van der Waals surface area contributed by atoms with E-state index in [1.165, 1.54) is 0 Å². The average Bonchev–Trinajstić information content (AvgIpc) is 3.03. The predicted octanol–water partition coefficient (Wildman–Crippen LogP) is 4.05. The number of likely N-dealkylation sites (tertiary alicyclic amines) is 1. The van der Waals surface area contributed by atoms with Crippen LogP contribution in [-0.2, 0) is 18.8 Å². The maximum Gasteiger partial charge on any atom is 0.498 e. The van der Waals surface area contributed by atoms with Gasteiger partial charge in [0.15, 0.2) is 5.16 Å². The van der Waals surface area contributed by atoms with Gasteiger partial charge in [0.1, 0.15) is 11.6 Å². The van der Waals surface area contributed by atoms with E-state index in [0.29, 0.717) is 19.0 Å². The molecule has 0 aromatic carbocycles. The van der Waals surface area contributed by atoms with Crippen LogP contribution >= 0.6 is 11.8 Å². The molecule has 2 amide bonds. The van der Waals surface area contributed by atoms with Crippen LogP contribution < -0.4 is 10.8 Å². The molecule has 2 aliphatic heterocycles. The molecule has 0 aliphatic carbocycles. The summed E-state index contributed by atoms with van der Waals surface area (Å²) in [6.07, 6.45) is 6.00. The molecule has 1 N–H and O–H groups in total. The molecule has 11 heteroatoms. The number of carbonyl (C=O) groups excluding carboxylic acids is 2. The van der Waals surface area contributed by atoms with Crippen molar-refractivity contribution in [3.05, 3.63) is 12.4 Å². The van der Waals surface area contributed by atoms with Crippen LogP contribution in [0.3, 0.4) is 0 Å². The summed E-state index contributed by atoms with van der Waals surface area (Å²) in [6, 6.07) is -0.603. The van der Waals surface area contributed by atoms with Crippen molar-refractivity contribution >= 4 is 36.3 Å². The van der Waals surface area contributed by atoms with Crippen LogP contribution in [0.2, 0.25) is 0 Å². The molecule has 9 nitrogen and oxygen atoms in total. The number of piperidine rings is 1. The minimum atomic E-state index is -0.613. The van der Waals surface area contributed by atoms with Crippen LogP contribution in [0.5, 0.6) is 0 Å². The molecule has 1 aromatic heterocycles. The number of rotatable bonds is 8. The first-order valence-corrected chi connectivity index (χ1v) is 14.7. The molecule has 0 radical (unpaired) electrons. The number of hydrogen-bond acceptors (Lipinski definition) is 8. The van der Waals surface area contributed by atoms with Gasteiger partial charge < -0.3 is 24.3 Å². The predicted molar refractivity (Wildman–Crippen MR) is 150 cm³/mol. The zero-order valence-corrected chi connectivity index (χ0v) is 25.3. The van der Waals surface area contributed by atoms with Gasteiger partial charge in [-0.3, -0.25) is 4.79 Å². The minimum Gasteiger partial charge on any atom is -0.444 e. The van der Waals surface area contributed by atoms with Crippen molar-refractivity contribution in [1.82, 2.24) is 20.2 Å². The monoisotopic (exact) mass is 548 g/mol. The van der Waals surface area contributed by atoms with Gasteiger partial charge in [0.25, 0.3) is 0 Å². The van der Waals surface area contributed by atoms with Crippen molar-refractivity contribution < 1.29 is 23.6 Å². The number of ether oxygens (including phenoxy) is 1. The molecule has 3 heterocycles. The Balaban J connectivity index is 1.48. The number of nitrogens with one attached hydrogen (secondary N) is 1. The standard InChI is InChI=1S/C27H45BN4O5S/c1-18(2)21(31-24(34)35-25(3,4)5)22(33)32-13-10-11-19(17-32)12-14-38-23-29-15-20(16-30-23)28-36-26(6,7)27(8,9)37-28/h15-16,18-19,21H,10-14,17H2,1-9H3,(H,31,34)/t19-,21-/m0/s1. The van der Waals surface area contributed by atoms with Gasteiger partial charge in [-0.05, 0) is 79.6 Å². The molecule has 1 aromatic rings. The van der Waals surface area contributed by atoms with Crippen molar-refractivity contribution in [3.63, 3.8) is 0 Å². The SMILES string of the molecule is CC(C)[C@H](NC(=O)OC(C)(C)C)C(=O)N1CCC[C@@H](CCSc2ncc(B3OC(C)(C)C(C)(C)O3)cn2)C1. The first kappa shape index (κ1) is 30.7. The van der Waals surface area contributed by atoms with E-state index in [1.54, 1.807) is 24.2 Å². The van der Waals surface area contributed by atoms with E-state index < -0.39 is 36.1 Å². The highest BCUT2D eigenvalue weighted by atomic mass is 32.2. The molecular formula is C27H45BN4O5S. The first-order chi connectivity index (χ1) is 17.6. The Labute approximate surface area is 232 Å². The maximum absolute atomic E-state index is 13.3. The summed E-state index contributed by atoms with van der Waals surface area (Å²) >= 11 is 1.62. The van der Waals surface area contributed by atoms with Gasteiger partial charge in [0.05, 0.1) is 11.2 Å². The van der Waals surface area contributed by atoms with Crippen LogP contribution in [0.15, 0.2) is 17.6 Å². The van der Waals surface area contributed by atoms with E-state index in [1.807, 2.05) is 67.2 Å². The second kappa shape index (κ2) is 12.1. The molecule has 0 unspecified atom stereocenters. The second-order valence-corrected chi connectivity index (χ2v) is 13.7. The lowest BCUT2D eigenvalue weighted by Gasteiger charge is -2.36. The quantitative estimate of drug-likeness (QED) is 0.295. The minimum absolute atomic E-state index is 0.0372. The molecule has 38 heavy (non-hydrogen) atoms. The third kappa shape index (κ3) is 8.08. The highest BCUT2D eigenvalue weighted by Gasteiger charge is 2.52. The molecule has 2 saturated heterocycles. The van der Waals surface area contributed by atoms with E-state index in [9.17, 15) is 9.59 Å². The summed E-state index contributed by atoms with van der Waals surface area (Å²) in [5.74, 6) is 1.19. The molecule has 2 atom stereocenters. The Morgan fingerprint density at radius 1 is 1.18 bits per heavy atom. The van der Waals surface area contributed by atoms with Crippen molar-refractivity contribution in [2.24, 2.45) is 11.8 Å². The topological polar surface area (TPSA) is 103 Å². The Morgan fingerprint density at radius 2 is 1.79 bits per heavy atom. The number of nitrogens with zero attached hydrogens (tertiary/aromatic N) is 3. The largest absolute Gasteiger partial charge is 0.498 e. The summed E-state index contributed by atoms with van der Waals surface area (Å²) in [5, 5.41) is 3.51. The smallest absolute Gasteiger partial charge is 0.444 e. The van der Waals surface area contributed by atoms with Gasteiger partial charge in [-0.25, -0.2) is 14.8 Å². The lowest BCUT2D eigenvalue weighted by molar-refractivity contribution is -0.136. The van der Waals surface area contributed by atoms with Gasteiger partial charge in [-0.1, -0.05) is 25.6 Å². The number of alkyl carbamates (subject to hydrolysis) is 1. The second-order valence-electron chi connectivity index (χ2n) is 12.7. The van der Waals surface area contributed by atoms with Gasteiger partial charge >= 0.3 is 13.2 Å². The van der Waals surface area contributed by atoms with Crippen molar-refractivity contribution in [2.75, 3.05) is 18.8 Å². The van der Waals surface area contributed by atoms with E-state index in [-0.39, 0.29) is 11.8 Å². The number of hydrogen-bond donors (Lipinski definition) is 1. The maximum atomic E-state index is 13.3. The Bertz CT molecular complexity index is 951. The molecular weight excluding hydrogens is 503 g/mol. The third-order valence-electron chi connectivity index (χ3n) is 7.37. The third-order valence-corrected chi connectivity index (χ3v) is 8.28. The van der Waals surface area contributed by atoms with E-state index in [2.05, 4.69) is 15.3 Å². The zero-order valence-electron chi connectivity index (χ0n) is 24.5. The van der Waals surface area contributed by atoms with Crippen LogP contribution in [0.4, 0.5) is 4.79 Å². The highest BCUT2D eigenvalue weighted by Crippen LogP contribution is 2.36. The number of aromatic nitrogens is 2. The molecule has 2 aliphatic rings. The van der Waals surface area contributed by atoms with Crippen molar-refractivity contribution in [3.8, 4) is 0 Å². The van der Waals surface area contributed by atoms with E-state index in [4.69, 9.17) is 14.0 Å². The van der Waals surface area contributed by atoms with E-state index >= 15 is 0 Å². The molecule has 2 fully saturated rings. The fourth-order valence-corrected chi connectivity index (χ4v) is 5.35. The normalized spacial score (nSPS) is 21.9. The van der Waals surface area contributed by atoms with E-state index in [0.717, 1.165) is 35.6 Å². The van der Waals surface area contributed by atoms with Gasteiger partial charge in [-0.2, -0.15) is 0 Å². The summed E-state index contributed by atoms with van der Waals surface area (Å²) in [5.41, 5.74) is -0.602. The van der Waals surface area contributed by atoms with Gasteiger partial charge in [0.2, 0.25) is 5.91 Å². The number of amides is 2. The Hall–Kier alpha value is -1.85. The molecule has 0 saturated carbocycles. The van der Waals surface area contributed by atoms with Crippen LogP contribution in [-0.4, -0.2) is 75.7 Å². The lowest BCUT2D eigenvalue weighted by Crippen LogP contribution is -2.54. The Kier molecular flexibility index (Phi) is 9.79. The summed E-state index contributed by atoms with van der Waals surface area (Å²) in [4.78, 5) is 36.6. The van der Waals surface area contributed by atoms with Crippen LogP contribution in [0.25, 0.3) is 0 Å². The molecule has 212 valence electrons. The average molecular weight is 549 g/mol.